The van der Waals surface area contributed by atoms with Gasteiger partial charge in [0.05, 0.1) is 15.2 Å². The van der Waals surface area contributed by atoms with Gasteiger partial charge in [-0.05, 0) is 59.1 Å². The van der Waals surface area contributed by atoms with Gasteiger partial charge >= 0.3 is 0 Å². The average molecular weight is 365 g/mol. The Morgan fingerprint density at radius 3 is 2.92 bits per heavy atom. The van der Waals surface area contributed by atoms with Crippen molar-refractivity contribution in [2.24, 2.45) is 0 Å². The molecule has 0 radical (unpaired) electrons. The van der Waals surface area contributed by atoms with Crippen molar-refractivity contribution in [3.8, 4) is 11.1 Å². The van der Waals surface area contributed by atoms with Gasteiger partial charge in [-0.25, -0.2) is 4.98 Å². The minimum atomic E-state index is -0.0890. The zero-order chi connectivity index (χ0) is 17.2. The van der Waals surface area contributed by atoms with Gasteiger partial charge in [0.2, 0.25) is 0 Å². The molecule has 1 aromatic carbocycles. The number of fused-ring (bicyclic) bond motifs is 1. The number of pyridine rings is 1. The van der Waals surface area contributed by atoms with Crippen LogP contribution >= 0.6 is 22.7 Å². The van der Waals surface area contributed by atoms with Crippen LogP contribution in [0.1, 0.15) is 20.9 Å². The molecule has 3 heterocycles. The lowest BCUT2D eigenvalue weighted by Crippen LogP contribution is -2.22. The number of benzene rings is 1. The van der Waals surface area contributed by atoms with Crippen LogP contribution in [0.15, 0.2) is 53.5 Å². The second-order valence-electron chi connectivity index (χ2n) is 5.69. The van der Waals surface area contributed by atoms with E-state index in [1.807, 2.05) is 36.7 Å². The molecular formula is C19H15N3OS2. The minimum absolute atomic E-state index is 0.0890. The van der Waals surface area contributed by atoms with E-state index in [1.165, 1.54) is 0 Å². The normalized spacial score (nSPS) is 10.9. The molecule has 0 saturated carbocycles. The Bertz CT molecular complexity index is 1040. The molecule has 0 spiro atoms. The van der Waals surface area contributed by atoms with Gasteiger partial charge in [-0.2, -0.15) is 11.3 Å². The number of aromatic nitrogens is 2. The van der Waals surface area contributed by atoms with Crippen molar-refractivity contribution in [3.05, 3.63) is 69.6 Å². The fourth-order valence-corrected chi connectivity index (χ4v) is 4.17. The highest BCUT2D eigenvalue weighted by atomic mass is 32.1. The summed E-state index contributed by atoms with van der Waals surface area (Å²) in [5.74, 6) is -0.0890. The number of thiazole rings is 1. The molecule has 25 heavy (non-hydrogen) atoms. The third-order valence-corrected chi connectivity index (χ3v) is 5.48. The first-order valence-corrected chi connectivity index (χ1v) is 9.57. The Balaban J connectivity index is 1.48. The van der Waals surface area contributed by atoms with Gasteiger partial charge in [-0.15, -0.1) is 11.3 Å². The van der Waals surface area contributed by atoms with Crippen LogP contribution in [-0.4, -0.2) is 15.9 Å². The average Bonchev–Trinajstić information content (AvgIpc) is 3.27. The van der Waals surface area contributed by atoms with Crippen LogP contribution < -0.4 is 5.32 Å². The summed E-state index contributed by atoms with van der Waals surface area (Å²) in [7, 11) is 0. The molecule has 1 amide bonds. The predicted octanol–water partition coefficient (Wildman–Crippen LogP) is 4.66. The van der Waals surface area contributed by atoms with Gasteiger partial charge in [-0.3, -0.25) is 9.78 Å². The maximum atomic E-state index is 12.4. The molecule has 0 unspecified atom stereocenters. The summed E-state index contributed by atoms with van der Waals surface area (Å²) in [5.41, 5.74) is 4.78. The van der Waals surface area contributed by atoms with Gasteiger partial charge in [-0.1, -0.05) is 0 Å². The van der Waals surface area contributed by atoms with Crippen molar-refractivity contribution in [1.82, 2.24) is 15.3 Å². The largest absolute Gasteiger partial charge is 0.348 e. The Hall–Kier alpha value is -2.57. The second kappa shape index (κ2) is 6.74. The number of nitrogens with one attached hydrogen (secondary N) is 1. The number of nitrogens with zero attached hydrogens (tertiary/aromatic N) is 2. The van der Waals surface area contributed by atoms with E-state index in [9.17, 15) is 4.79 Å². The predicted molar refractivity (Wildman–Crippen MR) is 103 cm³/mol. The van der Waals surface area contributed by atoms with Gasteiger partial charge in [0.1, 0.15) is 0 Å². The zero-order valence-electron chi connectivity index (χ0n) is 13.5. The number of thiophene rings is 1. The summed E-state index contributed by atoms with van der Waals surface area (Å²) in [6.45, 7) is 2.42. The molecule has 0 aliphatic heterocycles. The maximum Gasteiger partial charge on any atom is 0.251 e. The molecule has 1 N–H and O–H groups in total. The van der Waals surface area contributed by atoms with Gasteiger partial charge in [0, 0.05) is 30.1 Å². The summed E-state index contributed by atoms with van der Waals surface area (Å²) < 4.78 is 1.03. The first-order chi connectivity index (χ1) is 12.2. The lowest BCUT2D eigenvalue weighted by Gasteiger charge is -2.07. The Labute approximate surface area is 153 Å². The number of rotatable bonds is 4. The minimum Gasteiger partial charge on any atom is -0.348 e. The van der Waals surface area contributed by atoms with Gasteiger partial charge in [0.25, 0.3) is 5.91 Å². The van der Waals surface area contributed by atoms with Crippen LogP contribution in [0.3, 0.4) is 0 Å². The molecule has 124 valence electrons. The van der Waals surface area contributed by atoms with Crippen molar-refractivity contribution in [2.75, 3.05) is 0 Å². The zero-order valence-corrected chi connectivity index (χ0v) is 15.2. The smallest absolute Gasteiger partial charge is 0.251 e. The number of carbonyl (C=O) groups is 1. The number of amides is 1. The fourth-order valence-electron chi connectivity index (χ4n) is 2.64. The van der Waals surface area contributed by atoms with Crippen LogP contribution in [0, 0.1) is 6.92 Å². The molecule has 0 saturated heterocycles. The highest BCUT2D eigenvalue weighted by molar-refractivity contribution is 7.18. The highest BCUT2D eigenvalue weighted by Crippen LogP contribution is 2.23. The molecule has 0 aliphatic rings. The number of carbonyl (C=O) groups excluding carboxylic acids is 1. The summed E-state index contributed by atoms with van der Waals surface area (Å²) in [5, 5.41) is 8.10. The van der Waals surface area contributed by atoms with Crippen molar-refractivity contribution >= 4 is 38.8 Å². The Morgan fingerprint density at radius 1 is 1.16 bits per heavy atom. The van der Waals surface area contributed by atoms with Crippen LogP contribution in [0.2, 0.25) is 0 Å². The van der Waals surface area contributed by atoms with Gasteiger partial charge in [0.15, 0.2) is 0 Å². The topological polar surface area (TPSA) is 54.9 Å². The summed E-state index contributed by atoms with van der Waals surface area (Å²) in [6.07, 6.45) is 3.62. The lowest BCUT2D eigenvalue weighted by atomic mass is 10.1. The highest BCUT2D eigenvalue weighted by Gasteiger charge is 2.09. The van der Waals surface area contributed by atoms with E-state index >= 15 is 0 Å². The molecule has 6 heteroatoms. The van der Waals surface area contributed by atoms with Crippen LogP contribution in [-0.2, 0) is 6.54 Å². The SMILES string of the molecule is Cc1nc2ccc(C(=O)NCc3cncc(-c4ccsc4)c3)cc2s1. The summed E-state index contributed by atoms with van der Waals surface area (Å²) >= 11 is 3.26. The summed E-state index contributed by atoms with van der Waals surface area (Å²) in [6, 6.07) is 9.74. The first kappa shape index (κ1) is 15.9. The Morgan fingerprint density at radius 2 is 2.08 bits per heavy atom. The van der Waals surface area contributed by atoms with Crippen molar-refractivity contribution in [1.29, 1.82) is 0 Å². The van der Waals surface area contributed by atoms with Crippen LogP contribution in [0.25, 0.3) is 21.3 Å². The van der Waals surface area contributed by atoms with E-state index < -0.39 is 0 Å². The third-order valence-electron chi connectivity index (χ3n) is 3.86. The summed E-state index contributed by atoms with van der Waals surface area (Å²) in [4.78, 5) is 21.1. The monoisotopic (exact) mass is 365 g/mol. The molecular weight excluding hydrogens is 350 g/mol. The van der Waals surface area contributed by atoms with Crippen molar-refractivity contribution in [2.45, 2.75) is 13.5 Å². The number of hydrogen-bond donors (Lipinski definition) is 1. The van der Waals surface area contributed by atoms with E-state index in [2.05, 4.69) is 32.8 Å². The molecule has 4 nitrogen and oxygen atoms in total. The maximum absolute atomic E-state index is 12.4. The quantitative estimate of drug-likeness (QED) is 0.572. The lowest BCUT2D eigenvalue weighted by molar-refractivity contribution is 0.0951. The molecule has 3 aromatic heterocycles. The van der Waals surface area contributed by atoms with E-state index in [0.717, 1.165) is 31.9 Å². The van der Waals surface area contributed by atoms with Crippen LogP contribution in [0.5, 0.6) is 0 Å². The first-order valence-electron chi connectivity index (χ1n) is 7.81. The molecule has 0 bridgehead atoms. The number of aryl methyl sites for hydroxylation is 1. The Kier molecular flexibility index (Phi) is 4.29. The van der Waals surface area contributed by atoms with E-state index in [4.69, 9.17) is 0 Å². The molecule has 0 fully saturated rings. The number of hydrogen-bond acceptors (Lipinski definition) is 5. The second-order valence-corrected chi connectivity index (χ2v) is 7.71. The van der Waals surface area contributed by atoms with E-state index in [1.54, 1.807) is 28.9 Å². The van der Waals surface area contributed by atoms with Crippen LogP contribution in [0.4, 0.5) is 0 Å². The molecule has 0 atom stereocenters. The van der Waals surface area contributed by atoms with E-state index in [0.29, 0.717) is 12.1 Å². The van der Waals surface area contributed by atoms with Gasteiger partial charge < -0.3 is 5.32 Å². The van der Waals surface area contributed by atoms with Crippen molar-refractivity contribution < 1.29 is 4.79 Å². The van der Waals surface area contributed by atoms with E-state index in [-0.39, 0.29) is 5.91 Å². The molecule has 4 aromatic rings. The third kappa shape index (κ3) is 3.45. The molecule has 4 rings (SSSR count). The standard InChI is InChI=1S/C19H15N3OS2/c1-12-22-17-3-2-14(7-18(17)25-12)19(23)21-9-13-6-16(10-20-8-13)15-4-5-24-11-15/h2-8,10-11H,9H2,1H3,(H,21,23). The fraction of sp³-hybridized carbons (Fsp3) is 0.105. The van der Waals surface area contributed by atoms with Crippen molar-refractivity contribution in [3.63, 3.8) is 0 Å². The molecule has 0 aliphatic carbocycles.